The molecule has 0 spiro atoms. The number of rotatable bonds is 1. The highest BCUT2D eigenvalue weighted by Crippen LogP contribution is 2.63. The zero-order chi connectivity index (χ0) is 9.80. The summed E-state index contributed by atoms with van der Waals surface area (Å²) in [5.74, 6) is -2.52. The lowest BCUT2D eigenvalue weighted by Gasteiger charge is -2.14. The number of methoxy groups -OCH3 is 1. The number of esters is 1. The van der Waals surface area contributed by atoms with Crippen molar-refractivity contribution in [3.8, 4) is 0 Å². The molecular formula is C8H11FO4. The van der Waals surface area contributed by atoms with Gasteiger partial charge in [-0.2, -0.15) is 0 Å². The van der Waals surface area contributed by atoms with Crippen molar-refractivity contribution in [3.63, 3.8) is 0 Å². The van der Waals surface area contributed by atoms with E-state index in [1.54, 1.807) is 0 Å². The normalized spacial score (nSPS) is 52.9. The number of carbonyl (C=O) groups excluding carboxylic acids is 1. The first-order valence-electron chi connectivity index (χ1n) is 4.17. The van der Waals surface area contributed by atoms with E-state index in [1.807, 2.05) is 0 Å². The molecule has 2 fully saturated rings. The fourth-order valence-corrected chi connectivity index (χ4v) is 2.42. The Morgan fingerprint density at radius 3 is 2.31 bits per heavy atom. The van der Waals surface area contributed by atoms with Crippen LogP contribution in [0.4, 0.5) is 4.39 Å². The average Bonchev–Trinajstić information content (AvgIpc) is 2.60. The van der Waals surface area contributed by atoms with E-state index >= 15 is 0 Å². The summed E-state index contributed by atoms with van der Waals surface area (Å²) in [5.41, 5.74) is -2.15. The van der Waals surface area contributed by atoms with E-state index in [1.165, 1.54) is 0 Å². The van der Waals surface area contributed by atoms with Gasteiger partial charge in [0.1, 0.15) is 0 Å². The van der Waals surface area contributed by atoms with Gasteiger partial charge in [0.05, 0.1) is 19.3 Å². The predicted molar refractivity (Wildman–Crippen MR) is 39.5 cm³/mol. The number of halogens is 1. The van der Waals surface area contributed by atoms with Gasteiger partial charge < -0.3 is 14.9 Å². The van der Waals surface area contributed by atoms with E-state index in [9.17, 15) is 19.4 Å². The predicted octanol–water partition coefficient (Wildman–Crippen LogP) is -0.761. The van der Waals surface area contributed by atoms with Gasteiger partial charge in [-0.25, -0.2) is 9.18 Å². The SMILES string of the molecule is COC(=O)[C@@]1(F)[C@@H]2[C@H]1[C@@H](O)C[C@H]2O. The Kier molecular flexibility index (Phi) is 1.66. The van der Waals surface area contributed by atoms with Crippen molar-refractivity contribution in [1.29, 1.82) is 0 Å². The molecule has 2 rings (SSSR count). The Hall–Kier alpha value is -0.680. The van der Waals surface area contributed by atoms with Crippen LogP contribution in [-0.2, 0) is 9.53 Å². The van der Waals surface area contributed by atoms with E-state index < -0.39 is 35.7 Å². The van der Waals surface area contributed by atoms with Crippen molar-refractivity contribution in [2.24, 2.45) is 11.8 Å². The Bertz CT molecular complexity index is 241. The number of carbonyl (C=O) groups is 1. The summed E-state index contributed by atoms with van der Waals surface area (Å²) in [6.07, 6.45) is -1.70. The first kappa shape index (κ1) is 8.90. The quantitative estimate of drug-likeness (QED) is 0.533. The van der Waals surface area contributed by atoms with Crippen molar-refractivity contribution in [3.05, 3.63) is 0 Å². The molecule has 0 aromatic rings. The minimum Gasteiger partial charge on any atom is -0.467 e. The zero-order valence-corrected chi connectivity index (χ0v) is 7.11. The maximum absolute atomic E-state index is 13.7. The largest absolute Gasteiger partial charge is 0.467 e. The molecule has 0 aromatic heterocycles. The van der Waals surface area contributed by atoms with Gasteiger partial charge in [0.25, 0.3) is 0 Å². The zero-order valence-electron chi connectivity index (χ0n) is 7.11. The van der Waals surface area contributed by atoms with Gasteiger partial charge in [-0.05, 0) is 0 Å². The minimum atomic E-state index is -2.15. The van der Waals surface area contributed by atoms with Crippen molar-refractivity contribution in [2.45, 2.75) is 24.3 Å². The van der Waals surface area contributed by atoms with Gasteiger partial charge in [-0.1, -0.05) is 0 Å². The molecule has 0 aromatic carbocycles. The van der Waals surface area contributed by atoms with Crippen LogP contribution in [0.1, 0.15) is 6.42 Å². The summed E-state index contributed by atoms with van der Waals surface area (Å²) in [6, 6.07) is 0. The minimum absolute atomic E-state index is 0.151. The summed E-state index contributed by atoms with van der Waals surface area (Å²) >= 11 is 0. The standard InChI is InChI=1S/C8H11FO4/c1-13-7(12)8(9)5-3(10)2-4(11)6(5)8/h3-6,10-11H,2H2,1H3/t3-,4+,5+,6-,8-. The van der Waals surface area contributed by atoms with Crippen LogP contribution >= 0.6 is 0 Å². The molecule has 0 unspecified atom stereocenters. The van der Waals surface area contributed by atoms with Crippen LogP contribution in [0.25, 0.3) is 0 Å². The second-order valence-electron chi connectivity index (χ2n) is 3.68. The fourth-order valence-electron chi connectivity index (χ4n) is 2.42. The maximum atomic E-state index is 13.7. The molecule has 2 aliphatic rings. The topological polar surface area (TPSA) is 66.8 Å². The third-order valence-electron chi connectivity index (χ3n) is 3.06. The monoisotopic (exact) mass is 190 g/mol. The molecule has 5 heteroatoms. The van der Waals surface area contributed by atoms with Crippen molar-refractivity contribution < 1.29 is 24.1 Å². The number of fused-ring (bicyclic) bond motifs is 1. The summed E-state index contributed by atoms with van der Waals surface area (Å²) in [4.78, 5) is 11.0. The number of ether oxygens (including phenoxy) is 1. The van der Waals surface area contributed by atoms with E-state index in [2.05, 4.69) is 4.74 Å². The van der Waals surface area contributed by atoms with E-state index in [0.717, 1.165) is 7.11 Å². The maximum Gasteiger partial charge on any atom is 0.344 e. The number of hydrogen-bond acceptors (Lipinski definition) is 4. The Morgan fingerprint density at radius 2 is 1.92 bits per heavy atom. The first-order valence-corrected chi connectivity index (χ1v) is 4.17. The molecule has 2 N–H and O–H groups in total. The highest BCUT2D eigenvalue weighted by molar-refractivity contribution is 5.85. The Balaban J connectivity index is 2.19. The smallest absolute Gasteiger partial charge is 0.344 e. The van der Waals surface area contributed by atoms with Gasteiger partial charge in [0.2, 0.25) is 5.67 Å². The lowest BCUT2D eigenvalue weighted by molar-refractivity contribution is -0.152. The Morgan fingerprint density at radius 1 is 1.46 bits per heavy atom. The fraction of sp³-hybridized carbons (Fsp3) is 0.875. The Labute approximate surface area is 74.3 Å². The molecule has 0 saturated heterocycles. The van der Waals surface area contributed by atoms with Gasteiger partial charge in [-0.15, -0.1) is 0 Å². The molecule has 4 nitrogen and oxygen atoms in total. The first-order chi connectivity index (χ1) is 6.03. The van der Waals surface area contributed by atoms with Gasteiger partial charge in [0, 0.05) is 18.3 Å². The molecular weight excluding hydrogens is 179 g/mol. The number of hydrogen-bond donors (Lipinski definition) is 2. The van der Waals surface area contributed by atoms with Crippen molar-refractivity contribution >= 4 is 5.97 Å². The summed E-state index contributed by atoms with van der Waals surface area (Å²) in [7, 11) is 1.09. The lowest BCUT2D eigenvalue weighted by Crippen LogP contribution is -2.32. The highest BCUT2D eigenvalue weighted by Gasteiger charge is 2.79. The second kappa shape index (κ2) is 2.42. The van der Waals surface area contributed by atoms with Crippen LogP contribution in [0.2, 0.25) is 0 Å². The number of aliphatic hydroxyl groups is 2. The molecule has 74 valence electrons. The third-order valence-corrected chi connectivity index (χ3v) is 3.06. The molecule has 0 bridgehead atoms. The van der Waals surface area contributed by atoms with E-state index in [4.69, 9.17) is 0 Å². The number of aliphatic hydroxyl groups excluding tert-OH is 2. The molecule has 5 atom stereocenters. The average molecular weight is 190 g/mol. The van der Waals surface area contributed by atoms with E-state index in [-0.39, 0.29) is 6.42 Å². The molecule has 2 saturated carbocycles. The molecule has 0 amide bonds. The summed E-state index contributed by atoms with van der Waals surface area (Å²) in [5, 5.41) is 18.6. The van der Waals surface area contributed by atoms with Crippen LogP contribution in [0, 0.1) is 11.8 Å². The van der Waals surface area contributed by atoms with Crippen LogP contribution in [0.15, 0.2) is 0 Å². The molecule has 0 heterocycles. The van der Waals surface area contributed by atoms with Gasteiger partial charge >= 0.3 is 5.97 Å². The van der Waals surface area contributed by atoms with Crippen LogP contribution in [0.5, 0.6) is 0 Å². The number of alkyl halides is 1. The van der Waals surface area contributed by atoms with Gasteiger partial charge in [-0.3, -0.25) is 0 Å². The van der Waals surface area contributed by atoms with Crippen molar-refractivity contribution in [1.82, 2.24) is 0 Å². The third kappa shape index (κ3) is 0.886. The molecule has 13 heavy (non-hydrogen) atoms. The summed E-state index contributed by atoms with van der Waals surface area (Å²) in [6.45, 7) is 0. The van der Waals surface area contributed by atoms with Crippen LogP contribution < -0.4 is 0 Å². The summed E-state index contributed by atoms with van der Waals surface area (Å²) < 4.78 is 18.0. The molecule has 2 aliphatic carbocycles. The highest BCUT2D eigenvalue weighted by atomic mass is 19.1. The molecule has 0 aliphatic heterocycles. The van der Waals surface area contributed by atoms with Crippen molar-refractivity contribution in [2.75, 3.05) is 7.11 Å². The van der Waals surface area contributed by atoms with E-state index in [0.29, 0.717) is 0 Å². The van der Waals surface area contributed by atoms with Crippen LogP contribution in [-0.4, -0.2) is 41.2 Å². The lowest BCUT2D eigenvalue weighted by atomic mass is 10.1. The van der Waals surface area contributed by atoms with Crippen LogP contribution in [0.3, 0.4) is 0 Å². The van der Waals surface area contributed by atoms with Gasteiger partial charge in [0.15, 0.2) is 0 Å². The molecule has 0 radical (unpaired) electrons. The second-order valence-corrected chi connectivity index (χ2v) is 3.68.